The number of carbonyl (C=O) groups excluding carboxylic acids is 1. The van der Waals surface area contributed by atoms with E-state index in [1.165, 1.54) is 0 Å². The van der Waals surface area contributed by atoms with Crippen LogP contribution >= 0.6 is 0 Å². The molecule has 2 nitrogen and oxygen atoms in total. The van der Waals surface area contributed by atoms with Gasteiger partial charge < -0.3 is 9.35 Å². The molecule has 0 radical (unpaired) electrons. The van der Waals surface area contributed by atoms with Crippen LogP contribution in [0.2, 0.25) is 0 Å². The zero-order valence-electron chi connectivity index (χ0n) is 6.84. The third kappa shape index (κ3) is 2.83. The number of rotatable bonds is 3. The molecule has 1 fully saturated rings. The Morgan fingerprint density at radius 3 is 2.91 bits per heavy atom. The van der Waals surface area contributed by atoms with Crippen LogP contribution < -0.4 is 0 Å². The average Bonchev–Trinajstić information content (AvgIpc) is 2.31. The molecular formula is C8H14O2S. The van der Waals surface area contributed by atoms with E-state index in [4.69, 9.17) is 0 Å². The largest absolute Gasteiger partial charge is 0.616 e. The van der Waals surface area contributed by atoms with Gasteiger partial charge in [-0.3, -0.25) is 0 Å². The van der Waals surface area contributed by atoms with E-state index < -0.39 is 11.2 Å². The molecular weight excluding hydrogens is 160 g/mol. The van der Waals surface area contributed by atoms with E-state index >= 15 is 0 Å². The fourth-order valence-electron chi connectivity index (χ4n) is 1.39. The molecule has 1 rings (SSSR count). The second kappa shape index (κ2) is 4.12. The molecule has 0 amide bonds. The van der Waals surface area contributed by atoms with Gasteiger partial charge in [-0.25, -0.2) is 0 Å². The highest BCUT2D eigenvalue weighted by molar-refractivity contribution is 7.92. The lowest BCUT2D eigenvalue weighted by Gasteiger charge is -2.11. The van der Waals surface area contributed by atoms with Crippen molar-refractivity contribution in [3.8, 4) is 0 Å². The van der Waals surface area contributed by atoms with Crippen molar-refractivity contribution in [1.29, 1.82) is 0 Å². The summed E-state index contributed by atoms with van der Waals surface area (Å²) in [6.07, 6.45) is 3.58. The van der Waals surface area contributed by atoms with Gasteiger partial charge in [0.2, 0.25) is 0 Å². The molecule has 0 spiro atoms. The van der Waals surface area contributed by atoms with Crippen molar-refractivity contribution in [2.24, 2.45) is 0 Å². The van der Waals surface area contributed by atoms with Crippen molar-refractivity contribution in [2.75, 3.05) is 5.75 Å². The number of ketones is 1. The molecule has 1 aliphatic heterocycles. The Morgan fingerprint density at radius 2 is 2.45 bits per heavy atom. The first kappa shape index (κ1) is 9.07. The summed E-state index contributed by atoms with van der Waals surface area (Å²) in [4.78, 5) is 10.6. The molecule has 0 aliphatic carbocycles. The highest BCUT2D eigenvalue weighted by Crippen LogP contribution is 2.23. The molecule has 0 aromatic carbocycles. The van der Waals surface area contributed by atoms with Gasteiger partial charge in [0.05, 0.1) is 0 Å². The first-order valence-electron chi connectivity index (χ1n) is 4.07. The van der Waals surface area contributed by atoms with Crippen molar-refractivity contribution in [2.45, 2.75) is 37.9 Å². The standard InChI is InChI=1S/C8H14O2S/c1-7(9)4-5-8-3-2-6-11(8)10/h8H,2-6H2,1H3. The Morgan fingerprint density at radius 1 is 1.73 bits per heavy atom. The molecule has 0 aromatic heterocycles. The van der Waals surface area contributed by atoms with Gasteiger partial charge in [0.1, 0.15) is 16.8 Å². The van der Waals surface area contributed by atoms with Gasteiger partial charge >= 0.3 is 0 Å². The van der Waals surface area contributed by atoms with E-state index in [0.717, 1.165) is 25.0 Å². The van der Waals surface area contributed by atoms with Crippen LogP contribution in [0.3, 0.4) is 0 Å². The summed E-state index contributed by atoms with van der Waals surface area (Å²) in [7, 11) is 0. The maximum atomic E-state index is 11.2. The molecule has 0 N–H and O–H groups in total. The molecule has 1 aliphatic rings. The van der Waals surface area contributed by atoms with Crippen LogP contribution in [-0.2, 0) is 16.0 Å². The van der Waals surface area contributed by atoms with Crippen LogP contribution in [0.25, 0.3) is 0 Å². The second-order valence-electron chi connectivity index (χ2n) is 3.09. The highest BCUT2D eigenvalue weighted by Gasteiger charge is 2.28. The van der Waals surface area contributed by atoms with E-state index in [1.807, 2.05) is 0 Å². The zero-order chi connectivity index (χ0) is 8.27. The Bertz CT molecular complexity index is 147. The summed E-state index contributed by atoms with van der Waals surface area (Å²) in [5.74, 6) is 1.07. The van der Waals surface area contributed by atoms with Crippen molar-refractivity contribution in [3.05, 3.63) is 0 Å². The molecule has 0 bridgehead atoms. The Balaban J connectivity index is 2.20. The van der Waals surface area contributed by atoms with E-state index in [9.17, 15) is 9.35 Å². The topological polar surface area (TPSA) is 40.1 Å². The summed E-state index contributed by atoms with van der Waals surface area (Å²) in [5, 5.41) is 0.318. The first-order chi connectivity index (χ1) is 5.20. The normalized spacial score (nSPS) is 30.7. The summed E-state index contributed by atoms with van der Waals surface area (Å²) >= 11 is -0.629. The van der Waals surface area contributed by atoms with Crippen LogP contribution in [0.4, 0.5) is 0 Å². The van der Waals surface area contributed by atoms with Gasteiger partial charge in [-0.15, -0.1) is 0 Å². The Hall–Kier alpha value is -0.0200. The van der Waals surface area contributed by atoms with E-state index in [-0.39, 0.29) is 5.78 Å². The molecule has 1 heterocycles. The van der Waals surface area contributed by atoms with Gasteiger partial charge in [0.15, 0.2) is 0 Å². The molecule has 0 saturated carbocycles. The SMILES string of the molecule is CC(=O)CCC1CCC[S+]1[O-]. The molecule has 64 valence electrons. The number of Topliss-reactive ketones (excluding diaryl/α,β-unsaturated/α-hetero) is 1. The first-order valence-corrected chi connectivity index (χ1v) is 5.45. The molecule has 2 atom stereocenters. The van der Waals surface area contributed by atoms with Gasteiger partial charge in [-0.2, -0.15) is 0 Å². The summed E-state index contributed by atoms with van der Waals surface area (Å²) in [6, 6.07) is 0. The monoisotopic (exact) mass is 174 g/mol. The lowest BCUT2D eigenvalue weighted by molar-refractivity contribution is -0.117. The smallest absolute Gasteiger partial charge is 0.130 e. The van der Waals surface area contributed by atoms with Crippen LogP contribution in [0.5, 0.6) is 0 Å². The molecule has 1 saturated heterocycles. The van der Waals surface area contributed by atoms with Crippen LogP contribution in [0.15, 0.2) is 0 Å². The Labute approximate surface area is 70.5 Å². The molecule has 0 aromatic rings. The number of hydrogen-bond acceptors (Lipinski definition) is 2. The van der Waals surface area contributed by atoms with Crippen LogP contribution in [0.1, 0.15) is 32.6 Å². The van der Waals surface area contributed by atoms with Crippen molar-refractivity contribution < 1.29 is 9.35 Å². The highest BCUT2D eigenvalue weighted by atomic mass is 32.2. The van der Waals surface area contributed by atoms with Crippen molar-refractivity contribution >= 4 is 17.0 Å². The van der Waals surface area contributed by atoms with E-state index in [1.54, 1.807) is 6.92 Å². The fraction of sp³-hybridized carbons (Fsp3) is 0.875. The van der Waals surface area contributed by atoms with Gasteiger partial charge in [0.25, 0.3) is 0 Å². The minimum Gasteiger partial charge on any atom is -0.616 e. The minimum atomic E-state index is -0.629. The number of carbonyl (C=O) groups is 1. The van der Waals surface area contributed by atoms with E-state index in [0.29, 0.717) is 11.7 Å². The Kier molecular flexibility index (Phi) is 3.40. The zero-order valence-corrected chi connectivity index (χ0v) is 7.65. The summed E-state index contributed by atoms with van der Waals surface area (Å²) in [5.41, 5.74) is 0. The fourth-order valence-corrected chi connectivity index (χ4v) is 2.99. The van der Waals surface area contributed by atoms with Crippen molar-refractivity contribution in [1.82, 2.24) is 0 Å². The molecule has 11 heavy (non-hydrogen) atoms. The van der Waals surface area contributed by atoms with Gasteiger partial charge in [-0.1, -0.05) is 11.2 Å². The number of hydrogen-bond donors (Lipinski definition) is 0. The molecule has 3 heteroatoms. The van der Waals surface area contributed by atoms with Crippen LogP contribution in [0, 0.1) is 0 Å². The van der Waals surface area contributed by atoms with E-state index in [2.05, 4.69) is 0 Å². The average molecular weight is 174 g/mol. The lowest BCUT2D eigenvalue weighted by Crippen LogP contribution is -2.16. The third-order valence-corrected chi connectivity index (χ3v) is 3.97. The third-order valence-electron chi connectivity index (χ3n) is 2.06. The maximum absolute atomic E-state index is 11.2. The molecule has 2 unspecified atom stereocenters. The lowest BCUT2D eigenvalue weighted by atomic mass is 10.1. The predicted molar refractivity (Wildman–Crippen MR) is 45.9 cm³/mol. The van der Waals surface area contributed by atoms with Gasteiger partial charge in [-0.05, 0) is 19.8 Å². The van der Waals surface area contributed by atoms with Crippen LogP contribution in [-0.4, -0.2) is 21.3 Å². The second-order valence-corrected chi connectivity index (χ2v) is 4.93. The maximum Gasteiger partial charge on any atom is 0.130 e. The minimum absolute atomic E-state index is 0.217. The predicted octanol–water partition coefficient (Wildman–Crippen LogP) is 1.27. The van der Waals surface area contributed by atoms with Gasteiger partial charge in [0, 0.05) is 12.8 Å². The quantitative estimate of drug-likeness (QED) is 0.604. The summed E-state index contributed by atoms with van der Waals surface area (Å²) < 4.78 is 11.2. The summed E-state index contributed by atoms with van der Waals surface area (Å²) in [6.45, 7) is 1.60. The van der Waals surface area contributed by atoms with Crippen molar-refractivity contribution in [3.63, 3.8) is 0 Å².